The molecule has 21 heteroatoms. The van der Waals surface area contributed by atoms with Crippen molar-refractivity contribution in [2.45, 2.75) is 112 Å². The van der Waals surface area contributed by atoms with E-state index in [1.54, 1.807) is 0 Å². The Bertz CT molecular complexity index is 1720. The number of esters is 2. The highest BCUT2D eigenvalue weighted by atomic mass is 16.8. The molecule has 0 aromatic heterocycles. The molecule has 0 bridgehead atoms. The lowest BCUT2D eigenvalue weighted by Gasteiger charge is -2.48. The summed E-state index contributed by atoms with van der Waals surface area (Å²) >= 11 is 0. The Labute approximate surface area is 330 Å². The summed E-state index contributed by atoms with van der Waals surface area (Å²) in [6.45, 7) is 0.703. The molecule has 0 saturated carbocycles. The third-order valence-electron chi connectivity index (χ3n) is 9.64. The van der Waals surface area contributed by atoms with Crippen molar-refractivity contribution in [1.29, 1.82) is 0 Å². The number of phenols is 4. The predicted octanol–water partition coefficient (Wildman–Crippen LogP) is -2.62. The number of carbonyl (C=O) groups is 2. The molecule has 0 spiro atoms. The molecule has 15 atom stereocenters. The highest BCUT2D eigenvalue weighted by molar-refractivity contribution is 5.87. The molecule has 5 rings (SSSR count). The fourth-order valence-corrected chi connectivity index (χ4v) is 6.44. The first-order valence-electron chi connectivity index (χ1n) is 18.1. The molecule has 0 radical (unpaired) electrons. The first-order valence-corrected chi connectivity index (χ1v) is 18.1. The zero-order valence-corrected chi connectivity index (χ0v) is 31.1. The smallest absolute Gasteiger partial charge is 0.331 e. The van der Waals surface area contributed by atoms with Gasteiger partial charge in [-0.3, -0.25) is 4.79 Å². The molecule has 58 heavy (non-hydrogen) atoms. The van der Waals surface area contributed by atoms with Gasteiger partial charge >= 0.3 is 11.9 Å². The highest BCUT2D eigenvalue weighted by Gasteiger charge is 2.55. The van der Waals surface area contributed by atoms with Gasteiger partial charge in [-0.25, -0.2) is 4.79 Å². The summed E-state index contributed by atoms with van der Waals surface area (Å²) in [6.07, 6.45) is -22.8. The van der Waals surface area contributed by atoms with Gasteiger partial charge in [0.2, 0.25) is 0 Å². The number of carbonyl (C=O) groups excluding carboxylic acids is 2. The molecule has 11 N–H and O–H groups in total. The van der Waals surface area contributed by atoms with Crippen molar-refractivity contribution in [3.05, 3.63) is 53.6 Å². The van der Waals surface area contributed by atoms with Crippen LogP contribution >= 0.6 is 0 Å². The number of ether oxygens (including phenoxy) is 8. The van der Waals surface area contributed by atoms with Crippen LogP contribution in [-0.4, -0.2) is 180 Å². The minimum absolute atomic E-state index is 0.0835. The fourth-order valence-electron chi connectivity index (χ4n) is 6.44. The summed E-state index contributed by atoms with van der Waals surface area (Å²) in [7, 11) is 0. The zero-order valence-electron chi connectivity index (χ0n) is 31.1. The number of hydrogen-bond acceptors (Lipinski definition) is 21. The van der Waals surface area contributed by atoms with Crippen molar-refractivity contribution in [3.8, 4) is 23.0 Å². The van der Waals surface area contributed by atoms with E-state index in [-0.39, 0.29) is 24.3 Å². The van der Waals surface area contributed by atoms with E-state index >= 15 is 0 Å². The Morgan fingerprint density at radius 3 is 1.97 bits per heavy atom. The van der Waals surface area contributed by atoms with E-state index in [2.05, 4.69) is 0 Å². The number of phenolic OH excluding ortho intramolecular Hbond substituents is 4. The summed E-state index contributed by atoms with van der Waals surface area (Å²) in [5.74, 6) is -3.70. The van der Waals surface area contributed by atoms with Gasteiger partial charge in [0.15, 0.2) is 54.1 Å². The highest BCUT2D eigenvalue weighted by Crippen LogP contribution is 2.35. The summed E-state index contributed by atoms with van der Waals surface area (Å²) in [5, 5.41) is 112. The van der Waals surface area contributed by atoms with E-state index in [0.717, 1.165) is 19.1 Å². The van der Waals surface area contributed by atoms with Crippen molar-refractivity contribution in [3.63, 3.8) is 0 Å². The van der Waals surface area contributed by atoms with Gasteiger partial charge in [-0.2, -0.15) is 0 Å². The molecule has 3 saturated heterocycles. The zero-order chi connectivity index (χ0) is 42.4. The second-order valence-corrected chi connectivity index (χ2v) is 13.9. The van der Waals surface area contributed by atoms with Crippen molar-refractivity contribution in [2.24, 2.45) is 0 Å². The predicted molar refractivity (Wildman–Crippen MR) is 189 cm³/mol. The summed E-state index contributed by atoms with van der Waals surface area (Å²) < 4.78 is 46.6. The Kier molecular flexibility index (Phi) is 15.2. The van der Waals surface area contributed by atoms with E-state index < -0.39 is 135 Å². The third kappa shape index (κ3) is 10.7. The van der Waals surface area contributed by atoms with Gasteiger partial charge in [0.25, 0.3) is 0 Å². The minimum atomic E-state index is -1.92. The van der Waals surface area contributed by atoms with Gasteiger partial charge in [0.1, 0.15) is 54.9 Å². The van der Waals surface area contributed by atoms with E-state index in [9.17, 15) is 65.8 Å². The fraction of sp³-hybridized carbons (Fsp3) is 0.568. The Morgan fingerprint density at radius 2 is 1.31 bits per heavy atom. The lowest BCUT2D eigenvalue weighted by molar-refractivity contribution is -0.364. The number of aromatic hydroxyl groups is 4. The normalized spacial score (nSPS) is 35.4. The molecule has 3 fully saturated rings. The van der Waals surface area contributed by atoms with Gasteiger partial charge in [-0.1, -0.05) is 12.1 Å². The van der Waals surface area contributed by atoms with Crippen LogP contribution in [0.1, 0.15) is 25.0 Å². The second kappa shape index (κ2) is 19.7. The summed E-state index contributed by atoms with van der Waals surface area (Å²) in [4.78, 5) is 26.1. The topological polar surface area (TPSA) is 331 Å². The van der Waals surface area contributed by atoms with Gasteiger partial charge in [-0.05, 0) is 54.8 Å². The molecule has 2 aromatic carbocycles. The average molecular weight is 829 g/mol. The summed E-state index contributed by atoms with van der Waals surface area (Å²) in [5.41, 5.74) is 0.738. The lowest BCUT2D eigenvalue weighted by atomic mass is 9.96. The number of rotatable bonds is 14. The summed E-state index contributed by atoms with van der Waals surface area (Å²) in [6, 6.07) is 7.70. The van der Waals surface area contributed by atoms with E-state index in [1.807, 2.05) is 0 Å². The van der Waals surface area contributed by atoms with Crippen LogP contribution in [0, 0.1) is 0 Å². The average Bonchev–Trinajstić information content (AvgIpc) is 3.18. The molecule has 21 nitrogen and oxygen atoms in total. The van der Waals surface area contributed by atoms with Gasteiger partial charge in [0, 0.05) is 13.0 Å². The molecule has 2 aromatic rings. The molecule has 3 heterocycles. The van der Waals surface area contributed by atoms with Crippen LogP contribution in [0.2, 0.25) is 0 Å². The minimum Gasteiger partial charge on any atom is -0.504 e. The number of aliphatic hydroxyl groups excluding tert-OH is 7. The molecule has 3 aliphatic rings. The van der Waals surface area contributed by atoms with Crippen LogP contribution in [-0.2, 0) is 53.9 Å². The Hall–Kier alpha value is -4.20. The molecular formula is C37H48O21. The van der Waals surface area contributed by atoms with Gasteiger partial charge < -0.3 is 94.1 Å². The quantitative estimate of drug-likeness (QED) is 0.0527. The first kappa shape index (κ1) is 44.9. The standard InChI is InChI=1S/C37H48O21/c1-15-26(45)28(47)31(50)36(53-15)58-33-32(57-25(44)8-5-17-3-6-19(40)21(42)11-17)24(14-52-35-30(49)29(48)27(46)23(13-38)55-35)56-37(34(33)54-16(2)39)51-10-9-18-4-7-20(41)22(43)12-18/h3-8,11-12,15,23-24,26-38,40-43,45-50H,9-10,13-14H2,1-2H3/b8-5+/t15-,23+,24+,26-,27+,28+,29-,30+,31+,32+,33-,34+,35?,36-,37+/m0/s1. The van der Waals surface area contributed by atoms with Gasteiger partial charge in [-0.15, -0.1) is 0 Å². The largest absolute Gasteiger partial charge is 0.504 e. The molecule has 322 valence electrons. The van der Waals surface area contributed by atoms with Crippen LogP contribution in [0.5, 0.6) is 23.0 Å². The van der Waals surface area contributed by atoms with E-state index in [1.165, 1.54) is 43.3 Å². The molecular weight excluding hydrogens is 780 g/mol. The van der Waals surface area contributed by atoms with Crippen molar-refractivity contribution >= 4 is 18.0 Å². The molecule has 3 aliphatic heterocycles. The van der Waals surface area contributed by atoms with E-state index in [4.69, 9.17) is 37.9 Å². The van der Waals surface area contributed by atoms with Crippen LogP contribution < -0.4 is 0 Å². The number of benzene rings is 2. The molecule has 0 aliphatic carbocycles. The van der Waals surface area contributed by atoms with E-state index in [0.29, 0.717) is 5.56 Å². The lowest BCUT2D eigenvalue weighted by Crippen LogP contribution is -2.66. The van der Waals surface area contributed by atoms with Crippen LogP contribution in [0.4, 0.5) is 0 Å². The maximum Gasteiger partial charge on any atom is 0.331 e. The SMILES string of the molecule is CC(=O)O[C@H]1[C@H](OCCc2ccc(O)c(O)c2)O[C@H](COC2O[C@H](CO)[C@@H](O)[C@H](O)[C@H]2O)[C@@H](OC(=O)/C=C/c2ccc(O)c(O)c2)[C@@H]1O[C@@H]1O[C@@H](C)[C@H](O)[C@@H](O)[C@H]1O. The Balaban J connectivity index is 1.50. The van der Waals surface area contributed by atoms with Gasteiger partial charge in [0.05, 0.1) is 25.9 Å². The van der Waals surface area contributed by atoms with Crippen molar-refractivity contribution in [1.82, 2.24) is 0 Å². The number of hydrogen-bond donors (Lipinski definition) is 11. The molecule has 1 unspecified atom stereocenters. The molecule has 0 amide bonds. The van der Waals surface area contributed by atoms with Crippen LogP contribution in [0.25, 0.3) is 6.08 Å². The van der Waals surface area contributed by atoms with Crippen molar-refractivity contribution in [2.75, 3.05) is 19.8 Å². The monoisotopic (exact) mass is 828 g/mol. The maximum absolute atomic E-state index is 13.5. The second-order valence-electron chi connectivity index (χ2n) is 13.9. The van der Waals surface area contributed by atoms with Crippen molar-refractivity contribution < 1.29 is 104 Å². The third-order valence-corrected chi connectivity index (χ3v) is 9.64. The Morgan fingerprint density at radius 1 is 0.672 bits per heavy atom. The first-order chi connectivity index (χ1) is 27.5. The van der Waals surface area contributed by atoms with Crippen LogP contribution in [0.15, 0.2) is 42.5 Å². The number of aliphatic hydroxyl groups is 7. The maximum atomic E-state index is 13.5. The van der Waals surface area contributed by atoms with Crippen LogP contribution in [0.3, 0.4) is 0 Å².